The van der Waals surface area contributed by atoms with Crippen molar-refractivity contribution in [1.29, 1.82) is 0 Å². The molecular weight excluding hydrogens is 406 g/mol. The van der Waals surface area contributed by atoms with E-state index in [4.69, 9.17) is 14.4 Å². The molecule has 0 spiro atoms. The largest absolute Gasteiger partial charge is 0.437 e. The third kappa shape index (κ3) is 3.21. The Labute approximate surface area is 192 Å². The van der Waals surface area contributed by atoms with E-state index in [0.717, 1.165) is 51.0 Å². The summed E-state index contributed by atoms with van der Waals surface area (Å²) >= 11 is 0. The maximum Gasteiger partial charge on any atom is 0.227 e. The van der Waals surface area contributed by atoms with Gasteiger partial charge in [-0.05, 0) is 54.3 Å². The van der Waals surface area contributed by atoms with Crippen LogP contribution in [0.3, 0.4) is 0 Å². The Hall–Kier alpha value is -3.92. The van der Waals surface area contributed by atoms with Crippen LogP contribution in [-0.4, -0.2) is 14.5 Å². The molecule has 4 heteroatoms. The van der Waals surface area contributed by atoms with E-state index in [1.807, 2.05) is 12.1 Å². The van der Waals surface area contributed by atoms with Crippen LogP contribution in [0, 0.1) is 6.92 Å². The van der Waals surface area contributed by atoms with Gasteiger partial charge in [0, 0.05) is 23.0 Å². The van der Waals surface area contributed by atoms with Crippen LogP contribution in [0.5, 0.6) is 0 Å². The van der Waals surface area contributed by atoms with Crippen molar-refractivity contribution >= 4 is 33.1 Å². The third-order valence-electron chi connectivity index (χ3n) is 6.39. The quantitative estimate of drug-likeness (QED) is 0.291. The Morgan fingerprint density at radius 3 is 2.45 bits per heavy atom. The lowest BCUT2D eigenvalue weighted by Gasteiger charge is -2.10. The zero-order valence-electron chi connectivity index (χ0n) is 19.0. The molecule has 0 saturated heterocycles. The smallest absolute Gasteiger partial charge is 0.227 e. The molecule has 0 N–H and O–H groups in total. The van der Waals surface area contributed by atoms with Gasteiger partial charge < -0.3 is 8.98 Å². The molecule has 4 nitrogen and oxygen atoms in total. The standard InChI is InChI=1S/C29H25N3O/c1-18(2)23-16-15-21-26-19(3)13-14-22(27(26)33-29(21)31-23)28-30-24-11-7-8-12-25(24)32(28)17-20-9-5-4-6-10-20/h4-16,18H,17H2,1-3H3. The zero-order chi connectivity index (χ0) is 22.5. The number of pyridine rings is 1. The molecule has 0 amide bonds. The monoisotopic (exact) mass is 431 g/mol. The summed E-state index contributed by atoms with van der Waals surface area (Å²) in [6.45, 7) is 7.17. The second kappa shape index (κ2) is 7.59. The van der Waals surface area contributed by atoms with Crippen LogP contribution >= 0.6 is 0 Å². The number of furan rings is 1. The third-order valence-corrected chi connectivity index (χ3v) is 6.39. The molecule has 6 rings (SSSR count). The minimum atomic E-state index is 0.346. The first kappa shape index (κ1) is 19.7. The highest BCUT2D eigenvalue weighted by Crippen LogP contribution is 2.38. The van der Waals surface area contributed by atoms with Gasteiger partial charge in [-0.2, -0.15) is 0 Å². The van der Waals surface area contributed by atoms with Gasteiger partial charge in [0.05, 0.1) is 16.6 Å². The first-order chi connectivity index (χ1) is 16.1. The molecule has 0 aliphatic heterocycles. The molecule has 33 heavy (non-hydrogen) atoms. The van der Waals surface area contributed by atoms with Crippen LogP contribution in [0.25, 0.3) is 44.5 Å². The van der Waals surface area contributed by atoms with Gasteiger partial charge in [-0.25, -0.2) is 9.97 Å². The first-order valence-corrected chi connectivity index (χ1v) is 11.4. The fourth-order valence-electron chi connectivity index (χ4n) is 4.65. The van der Waals surface area contributed by atoms with E-state index in [1.54, 1.807) is 0 Å². The number of aromatic nitrogens is 3. The van der Waals surface area contributed by atoms with E-state index in [1.165, 1.54) is 11.1 Å². The van der Waals surface area contributed by atoms with Gasteiger partial charge in [0.1, 0.15) is 11.4 Å². The summed E-state index contributed by atoms with van der Waals surface area (Å²) < 4.78 is 8.73. The van der Waals surface area contributed by atoms with Crippen LogP contribution in [0.4, 0.5) is 0 Å². The van der Waals surface area contributed by atoms with Gasteiger partial charge in [0.15, 0.2) is 0 Å². The fraction of sp³-hybridized carbons (Fsp3) is 0.172. The van der Waals surface area contributed by atoms with E-state index < -0.39 is 0 Å². The van der Waals surface area contributed by atoms with Crippen LogP contribution in [0.2, 0.25) is 0 Å². The molecule has 162 valence electrons. The van der Waals surface area contributed by atoms with Crippen molar-refractivity contribution < 1.29 is 4.42 Å². The number of imidazole rings is 1. The summed E-state index contributed by atoms with van der Waals surface area (Å²) in [6, 6.07) is 27.4. The van der Waals surface area contributed by atoms with Crippen LogP contribution < -0.4 is 0 Å². The van der Waals surface area contributed by atoms with Crippen molar-refractivity contribution in [1.82, 2.24) is 14.5 Å². The molecule has 3 heterocycles. The lowest BCUT2D eigenvalue weighted by atomic mass is 10.0. The molecule has 0 fully saturated rings. The predicted molar refractivity (Wildman–Crippen MR) is 135 cm³/mol. The molecule has 0 saturated carbocycles. The van der Waals surface area contributed by atoms with Crippen LogP contribution in [0.1, 0.15) is 36.6 Å². The number of aryl methyl sites for hydroxylation is 1. The Morgan fingerprint density at radius 1 is 0.848 bits per heavy atom. The van der Waals surface area contributed by atoms with Crippen LogP contribution in [0.15, 0.2) is 83.3 Å². The number of benzene rings is 3. The normalized spacial score (nSPS) is 11.9. The second-order valence-electron chi connectivity index (χ2n) is 8.98. The SMILES string of the molecule is Cc1ccc(-c2nc3ccccc3n2Cc2ccccc2)c2oc3nc(C(C)C)ccc3c12. The molecule has 0 bridgehead atoms. The number of rotatable bonds is 4. The van der Waals surface area contributed by atoms with Gasteiger partial charge in [-0.1, -0.05) is 62.4 Å². The van der Waals surface area contributed by atoms with Crippen LogP contribution in [-0.2, 0) is 6.54 Å². The van der Waals surface area contributed by atoms with Gasteiger partial charge in [0.2, 0.25) is 5.71 Å². The van der Waals surface area contributed by atoms with Crippen molar-refractivity contribution in [2.75, 3.05) is 0 Å². The maximum atomic E-state index is 6.45. The molecular formula is C29H25N3O. The van der Waals surface area contributed by atoms with Gasteiger partial charge >= 0.3 is 0 Å². The van der Waals surface area contributed by atoms with Crippen molar-refractivity contribution in [2.24, 2.45) is 0 Å². The summed E-state index contributed by atoms with van der Waals surface area (Å²) in [5, 5.41) is 2.17. The lowest BCUT2D eigenvalue weighted by molar-refractivity contribution is 0.647. The zero-order valence-corrected chi connectivity index (χ0v) is 19.0. The van der Waals surface area contributed by atoms with E-state index in [0.29, 0.717) is 11.6 Å². The molecule has 0 aliphatic carbocycles. The van der Waals surface area contributed by atoms with Gasteiger partial charge in [0.25, 0.3) is 0 Å². The van der Waals surface area contributed by atoms with E-state index in [2.05, 4.69) is 92.1 Å². The summed E-state index contributed by atoms with van der Waals surface area (Å²) in [5.41, 5.74) is 8.08. The predicted octanol–water partition coefficient (Wildman–Crippen LogP) is 7.48. The van der Waals surface area contributed by atoms with Crippen molar-refractivity contribution in [3.63, 3.8) is 0 Å². The Kier molecular flexibility index (Phi) is 4.54. The summed E-state index contributed by atoms with van der Waals surface area (Å²) in [5.74, 6) is 1.26. The number of fused-ring (bicyclic) bond motifs is 4. The number of nitrogens with zero attached hydrogens (tertiary/aromatic N) is 3. The fourth-order valence-corrected chi connectivity index (χ4v) is 4.65. The summed E-state index contributed by atoms with van der Waals surface area (Å²) in [4.78, 5) is 9.88. The minimum Gasteiger partial charge on any atom is -0.437 e. The molecule has 3 aromatic carbocycles. The maximum absolute atomic E-state index is 6.45. The molecule has 6 aromatic rings. The number of hydrogen-bond acceptors (Lipinski definition) is 3. The summed E-state index contributed by atoms with van der Waals surface area (Å²) in [6.07, 6.45) is 0. The minimum absolute atomic E-state index is 0.346. The highest BCUT2D eigenvalue weighted by Gasteiger charge is 2.20. The first-order valence-electron chi connectivity index (χ1n) is 11.4. The highest BCUT2D eigenvalue weighted by molar-refractivity contribution is 6.10. The molecule has 0 atom stereocenters. The van der Waals surface area contributed by atoms with Gasteiger partial charge in [-0.3, -0.25) is 0 Å². The van der Waals surface area contributed by atoms with E-state index in [9.17, 15) is 0 Å². The Bertz CT molecular complexity index is 1620. The average molecular weight is 432 g/mol. The molecule has 0 radical (unpaired) electrons. The number of hydrogen-bond donors (Lipinski definition) is 0. The second-order valence-corrected chi connectivity index (χ2v) is 8.98. The van der Waals surface area contributed by atoms with Gasteiger partial charge in [-0.15, -0.1) is 0 Å². The molecule has 3 aromatic heterocycles. The number of para-hydroxylation sites is 2. The van der Waals surface area contributed by atoms with Crippen molar-refractivity contribution in [3.05, 3.63) is 95.7 Å². The van der Waals surface area contributed by atoms with E-state index >= 15 is 0 Å². The van der Waals surface area contributed by atoms with Crippen molar-refractivity contribution in [2.45, 2.75) is 33.2 Å². The lowest BCUT2D eigenvalue weighted by Crippen LogP contribution is -2.02. The highest BCUT2D eigenvalue weighted by atomic mass is 16.3. The molecule has 0 unspecified atom stereocenters. The topological polar surface area (TPSA) is 43.9 Å². The summed E-state index contributed by atoms with van der Waals surface area (Å²) in [7, 11) is 0. The average Bonchev–Trinajstić information content (AvgIpc) is 3.39. The van der Waals surface area contributed by atoms with E-state index in [-0.39, 0.29) is 0 Å². The van der Waals surface area contributed by atoms with Crippen molar-refractivity contribution in [3.8, 4) is 11.4 Å². The Balaban J connectivity index is 1.63. The Morgan fingerprint density at radius 2 is 1.64 bits per heavy atom. The molecule has 0 aliphatic rings.